The zero-order chi connectivity index (χ0) is 24.0. The number of furan rings is 1. The van der Waals surface area contributed by atoms with Crippen molar-refractivity contribution in [2.45, 2.75) is 40.5 Å². The van der Waals surface area contributed by atoms with E-state index >= 15 is 0 Å². The Hall–Kier alpha value is -3.87. The van der Waals surface area contributed by atoms with Gasteiger partial charge in [0.1, 0.15) is 27.9 Å². The molecule has 7 heteroatoms. The molecule has 2 aromatic carbocycles. The van der Waals surface area contributed by atoms with Gasteiger partial charge in [-0.15, -0.1) is 0 Å². The van der Waals surface area contributed by atoms with E-state index in [1.807, 2.05) is 39.8 Å². The molecule has 0 saturated heterocycles. The number of allylic oxidation sites excluding steroid dienone is 4. The SMILES string of the molecule is COc1cc2c(oc3oc4c(CC=C(C)C)c(O)cc(O)c4c(=O)c32)c(CC=C(C)C)c1O. The van der Waals surface area contributed by atoms with Gasteiger partial charge in [-0.2, -0.15) is 0 Å². The summed E-state index contributed by atoms with van der Waals surface area (Å²) in [7, 11) is 1.43. The molecule has 0 fully saturated rings. The first kappa shape index (κ1) is 22.3. The van der Waals surface area contributed by atoms with E-state index in [9.17, 15) is 20.1 Å². The average molecular weight is 450 g/mol. The molecule has 0 spiro atoms. The lowest BCUT2D eigenvalue weighted by molar-refractivity contribution is 0.371. The quantitative estimate of drug-likeness (QED) is 0.328. The van der Waals surface area contributed by atoms with Crippen molar-refractivity contribution in [3.63, 3.8) is 0 Å². The fourth-order valence-corrected chi connectivity index (χ4v) is 3.90. The first-order valence-corrected chi connectivity index (χ1v) is 10.6. The summed E-state index contributed by atoms with van der Waals surface area (Å²) in [6.07, 6.45) is 4.47. The summed E-state index contributed by atoms with van der Waals surface area (Å²) >= 11 is 0. The molecule has 0 bridgehead atoms. The van der Waals surface area contributed by atoms with Crippen molar-refractivity contribution >= 4 is 33.1 Å². The van der Waals surface area contributed by atoms with Gasteiger partial charge in [-0.3, -0.25) is 4.79 Å². The van der Waals surface area contributed by atoms with Crippen molar-refractivity contribution in [1.82, 2.24) is 0 Å². The standard InChI is InChI=1S/C26H26O7/c1-12(2)6-8-14-17(27)11-18(28)21-23(30)20-16-10-19(31-5)22(29)15(9-7-13(3)4)24(16)32-26(20)33-25(14)21/h6-7,10-11,27-29H,8-9H2,1-5H3. The Kier molecular flexibility index (Phi) is 5.57. The minimum absolute atomic E-state index is 0.0435. The van der Waals surface area contributed by atoms with Gasteiger partial charge in [-0.05, 0) is 46.6 Å². The smallest absolute Gasteiger partial charge is 0.302 e. The van der Waals surface area contributed by atoms with Crippen LogP contribution in [0.25, 0.3) is 33.1 Å². The van der Waals surface area contributed by atoms with Gasteiger partial charge in [0.2, 0.25) is 5.43 Å². The Morgan fingerprint density at radius 3 is 2.09 bits per heavy atom. The van der Waals surface area contributed by atoms with Crippen molar-refractivity contribution in [2.75, 3.05) is 7.11 Å². The highest BCUT2D eigenvalue weighted by molar-refractivity contribution is 6.09. The summed E-state index contributed by atoms with van der Waals surface area (Å²) in [6.45, 7) is 7.71. The lowest BCUT2D eigenvalue weighted by atomic mass is 10.0. The third-order valence-electron chi connectivity index (χ3n) is 5.62. The van der Waals surface area contributed by atoms with Gasteiger partial charge in [0.05, 0.1) is 7.11 Å². The Labute approximate surface area is 189 Å². The summed E-state index contributed by atoms with van der Waals surface area (Å²) in [6, 6.07) is 2.67. The number of ether oxygens (including phenoxy) is 1. The largest absolute Gasteiger partial charge is 0.507 e. The average Bonchev–Trinajstić information content (AvgIpc) is 3.10. The van der Waals surface area contributed by atoms with Crippen LogP contribution in [0.4, 0.5) is 0 Å². The number of phenols is 3. The van der Waals surface area contributed by atoms with Crippen molar-refractivity contribution in [1.29, 1.82) is 0 Å². The molecule has 2 heterocycles. The molecule has 0 aliphatic heterocycles. The number of hydrogen-bond acceptors (Lipinski definition) is 7. The van der Waals surface area contributed by atoms with E-state index in [1.165, 1.54) is 13.2 Å². The molecular weight excluding hydrogens is 424 g/mol. The van der Waals surface area contributed by atoms with E-state index in [0.717, 1.165) is 17.2 Å². The molecule has 3 N–H and O–H groups in total. The monoisotopic (exact) mass is 450 g/mol. The van der Waals surface area contributed by atoms with Gasteiger partial charge < -0.3 is 28.9 Å². The predicted molar refractivity (Wildman–Crippen MR) is 128 cm³/mol. The number of fused-ring (bicyclic) bond motifs is 4. The number of rotatable bonds is 5. The minimum Gasteiger partial charge on any atom is -0.507 e. The summed E-state index contributed by atoms with van der Waals surface area (Å²) in [5, 5.41) is 32.2. The first-order chi connectivity index (χ1) is 15.6. The van der Waals surface area contributed by atoms with E-state index in [0.29, 0.717) is 34.9 Å². The summed E-state index contributed by atoms with van der Waals surface area (Å²) in [5.41, 5.74) is 2.75. The van der Waals surface area contributed by atoms with E-state index in [1.54, 1.807) is 0 Å². The van der Waals surface area contributed by atoms with Crippen molar-refractivity contribution < 1.29 is 28.9 Å². The van der Waals surface area contributed by atoms with Crippen LogP contribution < -0.4 is 10.2 Å². The third kappa shape index (κ3) is 3.69. The zero-order valence-electron chi connectivity index (χ0n) is 19.2. The van der Waals surface area contributed by atoms with Gasteiger partial charge in [0.15, 0.2) is 17.1 Å². The first-order valence-electron chi connectivity index (χ1n) is 10.6. The molecule has 0 saturated carbocycles. The Morgan fingerprint density at radius 1 is 0.879 bits per heavy atom. The minimum atomic E-state index is -0.498. The Balaban J connectivity index is 2.16. The number of methoxy groups -OCH3 is 1. The van der Waals surface area contributed by atoms with Crippen LogP contribution in [0.5, 0.6) is 23.0 Å². The summed E-state index contributed by atoms with van der Waals surface area (Å²) < 4.78 is 17.3. The fraction of sp³-hybridized carbons (Fsp3) is 0.269. The molecule has 0 radical (unpaired) electrons. The Bertz CT molecular complexity index is 1520. The second-order valence-corrected chi connectivity index (χ2v) is 8.55. The van der Waals surface area contributed by atoms with Crippen molar-refractivity contribution in [3.8, 4) is 23.0 Å². The number of aromatic hydroxyl groups is 3. The van der Waals surface area contributed by atoms with Crippen molar-refractivity contribution in [3.05, 3.63) is 56.8 Å². The summed E-state index contributed by atoms with van der Waals surface area (Å²) in [5.74, 6) is -0.509. The van der Waals surface area contributed by atoms with E-state index in [4.69, 9.17) is 13.6 Å². The van der Waals surface area contributed by atoms with Crippen LogP contribution in [-0.4, -0.2) is 22.4 Å². The topological polar surface area (TPSA) is 113 Å². The maximum absolute atomic E-state index is 13.6. The lowest BCUT2D eigenvalue weighted by Crippen LogP contribution is -2.03. The maximum Gasteiger partial charge on any atom is 0.302 e. The van der Waals surface area contributed by atoms with Crippen LogP contribution in [0.15, 0.2) is 49.1 Å². The highest BCUT2D eigenvalue weighted by atomic mass is 16.5. The lowest BCUT2D eigenvalue weighted by Gasteiger charge is -2.09. The van der Waals surface area contributed by atoms with Crippen LogP contribution in [0, 0.1) is 0 Å². The molecule has 0 aliphatic carbocycles. The third-order valence-corrected chi connectivity index (χ3v) is 5.62. The van der Waals surface area contributed by atoms with Crippen LogP contribution in [0.3, 0.4) is 0 Å². The molecule has 0 unspecified atom stereocenters. The van der Waals surface area contributed by atoms with Gasteiger partial charge >= 0.3 is 5.78 Å². The van der Waals surface area contributed by atoms with Crippen LogP contribution >= 0.6 is 0 Å². The van der Waals surface area contributed by atoms with E-state index < -0.39 is 5.43 Å². The zero-order valence-corrected chi connectivity index (χ0v) is 19.2. The molecule has 4 rings (SSSR count). The highest BCUT2D eigenvalue weighted by Gasteiger charge is 2.25. The van der Waals surface area contributed by atoms with Gasteiger partial charge in [-0.25, -0.2) is 0 Å². The highest BCUT2D eigenvalue weighted by Crippen LogP contribution is 2.43. The second-order valence-electron chi connectivity index (χ2n) is 8.55. The van der Waals surface area contributed by atoms with Crippen LogP contribution in [-0.2, 0) is 12.8 Å². The van der Waals surface area contributed by atoms with Gasteiger partial charge in [-0.1, -0.05) is 23.3 Å². The maximum atomic E-state index is 13.6. The molecule has 0 aliphatic rings. The number of phenolic OH excluding ortho intramolecular Hbond substituents is 3. The molecule has 2 aromatic heterocycles. The molecule has 0 atom stereocenters. The normalized spacial score (nSPS) is 11.3. The number of benzene rings is 2. The van der Waals surface area contributed by atoms with E-state index in [-0.39, 0.29) is 45.1 Å². The second kappa shape index (κ2) is 8.24. The predicted octanol–water partition coefficient (Wildman–Crippen LogP) is 5.84. The number of hydrogen-bond donors (Lipinski definition) is 3. The molecule has 0 amide bonds. The molecular formula is C26H26O7. The van der Waals surface area contributed by atoms with Crippen molar-refractivity contribution in [2.24, 2.45) is 0 Å². The molecule has 4 aromatic rings. The summed E-state index contributed by atoms with van der Waals surface area (Å²) in [4.78, 5) is 13.6. The molecule has 7 nitrogen and oxygen atoms in total. The molecule has 33 heavy (non-hydrogen) atoms. The van der Waals surface area contributed by atoms with E-state index in [2.05, 4.69) is 0 Å². The molecule has 172 valence electrons. The fourth-order valence-electron chi connectivity index (χ4n) is 3.90. The van der Waals surface area contributed by atoms with Crippen LogP contribution in [0.2, 0.25) is 0 Å². The Morgan fingerprint density at radius 2 is 1.48 bits per heavy atom. The van der Waals surface area contributed by atoms with Crippen LogP contribution in [0.1, 0.15) is 38.8 Å². The van der Waals surface area contributed by atoms with Gasteiger partial charge in [0.25, 0.3) is 0 Å². The van der Waals surface area contributed by atoms with Gasteiger partial charge in [0, 0.05) is 22.6 Å².